The van der Waals surface area contributed by atoms with Gasteiger partial charge in [0, 0.05) is 16.1 Å². The number of amides is 1. The molecule has 0 spiro atoms. The Hall–Kier alpha value is -0.540. The van der Waals surface area contributed by atoms with Crippen LogP contribution in [0.15, 0.2) is 22.7 Å². The summed E-state index contributed by atoms with van der Waals surface area (Å²) in [5.74, 6) is 0.812. The fourth-order valence-electron chi connectivity index (χ4n) is 1.99. The molecule has 0 bridgehead atoms. The number of benzene rings is 1. The second kappa shape index (κ2) is 6.07. The van der Waals surface area contributed by atoms with Crippen molar-refractivity contribution in [3.63, 3.8) is 0 Å². The summed E-state index contributed by atoms with van der Waals surface area (Å²) in [6.45, 7) is 2.12. The maximum absolute atomic E-state index is 12.1. The van der Waals surface area contributed by atoms with Crippen molar-refractivity contribution in [2.24, 2.45) is 5.92 Å². The highest BCUT2D eigenvalue weighted by Crippen LogP contribution is 2.34. The fraction of sp³-hybridized carbons (Fsp3) is 0.500. The van der Waals surface area contributed by atoms with Crippen LogP contribution in [0, 0.1) is 5.92 Å². The topological polar surface area (TPSA) is 29.1 Å². The van der Waals surface area contributed by atoms with E-state index in [-0.39, 0.29) is 5.91 Å². The van der Waals surface area contributed by atoms with Gasteiger partial charge in [-0.2, -0.15) is 0 Å². The first-order chi connectivity index (χ1) is 8.60. The highest BCUT2D eigenvalue weighted by atomic mass is 79.9. The normalized spacial score (nSPS) is 16.4. The summed E-state index contributed by atoms with van der Waals surface area (Å²) >= 11 is 9.25. The lowest BCUT2D eigenvalue weighted by Crippen LogP contribution is -2.34. The molecule has 0 aromatic heterocycles. The van der Waals surface area contributed by atoms with E-state index in [2.05, 4.69) is 28.2 Å². The summed E-state index contributed by atoms with van der Waals surface area (Å²) in [7, 11) is 0. The van der Waals surface area contributed by atoms with E-state index in [9.17, 15) is 4.79 Å². The number of nitrogens with one attached hydrogen (secondary N) is 1. The molecule has 2 nitrogen and oxygen atoms in total. The molecule has 1 amide bonds. The minimum Gasteiger partial charge on any atom is -0.349 e. The molecule has 0 heterocycles. The summed E-state index contributed by atoms with van der Waals surface area (Å²) in [4.78, 5) is 12.1. The smallest absolute Gasteiger partial charge is 0.251 e. The van der Waals surface area contributed by atoms with Gasteiger partial charge in [0.2, 0.25) is 0 Å². The molecule has 0 aliphatic heterocycles. The van der Waals surface area contributed by atoms with Crippen molar-refractivity contribution >= 4 is 33.4 Å². The average Bonchev–Trinajstić information content (AvgIpc) is 3.15. The Bertz CT molecular complexity index is 445. The molecular weight excluding hydrogens is 314 g/mol. The van der Waals surface area contributed by atoms with Crippen molar-refractivity contribution in [3.8, 4) is 0 Å². The fourth-order valence-corrected chi connectivity index (χ4v) is 2.49. The SMILES string of the molecule is CCC(CC1CC1)NC(=O)c1ccc(Cl)c(Br)c1. The predicted molar refractivity (Wildman–Crippen MR) is 78.0 cm³/mol. The Morgan fingerprint density at radius 2 is 2.28 bits per heavy atom. The van der Waals surface area contributed by atoms with Crippen LogP contribution in [0.4, 0.5) is 0 Å². The molecule has 0 radical (unpaired) electrons. The highest BCUT2D eigenvalue weighted by Gasteiger charge is 2.25. The van der Waals surface area contributed by atoms with Gasteiger partial charge in [-0.1, -0.05) is 31.4 Å². The van der Waals surface area contributed by atoms with E-state index in [0.29, 0.717) is 16.6 Å². The first kappa shape index (κ1) is 13.9. The van der Waals surface area contributed by atoms with Gasteiger partial charge < -0.3 is 5.32 Å². The zero-order valence-electron chi connectivity index (χ0n) is 10.4. The molecule has 1 atom stereocenters. The van der Waals surface area contributed by atoms with Gasteiger partial charge in [0.05, 0.1) is 5.02 Å². The molecule has 1 aromatic rings. The Morgan fingerprint density at radius 1 is 1.56 bits per heavy atom. The molecule has 98 valence electrons. The second-order valence-corrected chi connectivity index (χ2v) is 6.15. The van der Waals surface area contributed by atoms with Crippen LogP contribution in [-0.4, -0.2) is 11.9 Å². The van der Waals surface area contributed by atoms with E-state index in [1.54, 1.807) is 18.2 Å². The molecule has 1 aliphatic rings. The van der Waals surface area contributed by atoms with Crippen molar-refractivity contribution in [3.05, 3.63) is 33.3 Å². The van der Waals surface area contributed by atoms with Gasteiger partial charge in [0.25, 0.3) is 5.91 Å². The van der Waals surface area contributed by atoms with Gasteiger partial charge in [-0.05, 0) is 52.9 Å². The monoisotopic (exact) mass is 329 g/mol. The lowest BCUT2D eigenvalue weighted by Gasteiger charge is -2.16. The third kappa shape index (κ3) is 3.72. The van der Waals surface area contributed by atoms with Gasteiger partial charge in [-0.25, -0.2) is 0 Å². The third-order valence-corrected chi connectivity index (χ3v) is 4.54. The van der Waals surface area contributed by atoms with Crippen molar-refractivity contribution in [2.45, 2.75) is 38.6 Å². The van der Waals surface area contributed by atoms with Crippen LogP contribution in [-0.2, 0) is 0 Å². The van der Waals surface area contributed by atoms with Crippen molar-refractivity contribution in [1.29, 1.82) is 0 Å². The van der Waals surface area contributed by atoms with E-state index in [1.807, 2.05) is 0 Å². The summed E-state index contributed by atoms with van der Waals surface area (Å²) < 4.78 is 0.757. The van der Waals surface area contributed by atoms with E-state index in [1.165, 1.54) is 12.8 Å². The van der Waals surface area contributed by atoms with Crippen molar-refractivity contribution in [2.75, 3.05) is 0 Å². The molecule has 1 unspecified atom stereocenters. The van der Waals surface area contributed by atoms with E-state index >= 15 is 0 Å². The molecular formula is C14H17BrClNO. The number of halogens is 2. The largest absolute Gasteiger partial charge is 0.349 e. The lowest BCUT2D eigenvalue weighted by atomic mass is 10.1. The third-order valence-electron chi connectivity index (χ3n) is 3.32. The highest BCUT2D eigenvalue weighted by molar-refractivity contribution is 9.10. The molecule has 18 heavy (non-hydrogen) atoms. The quantitative estimate of drug-likeness (QED) is 0.851. The van der Waals surface area contributed by atoms with Crippen molar-refractivity contribution in [1.82, 2.24) is 5.32 Å². The summed E-state index contributed by atoms with van der Waals surface area (Å²) in [6.07, 6.45) is 4.73. The van der Waals surface area contributed by atoms with Gasteiger partial charge in [-0.15, -0.1) is 0 Å². The summed E-state index contributed by atoms with van der Waals surface area (Å²) in [6, 6.07) is 5.55. The van der Waals surface area contributed by atoms with E-state index in [0.717, 1.165) is 23.2 Å². The zero-order chi connectivity index (χ0) is 13.1. The number of carbonyl (C=O) groups is 1. The van der Waals surface area contributed by atoms with Crippen LogP contribution in [0.2, 0.25) is 5.02 Å². The number of carbonyl (C=O) groups excluding carboxylic acids is 1. The molecule has 1 fully saturated rings. The molecule has 0 saturated heterocycles. The molecule has 1 saturated carbocycles. The molecule has 2 rings (SSSR count). The minimum atomic E-state index is -0.0140. The first-order valence-electron chi connectivity index (χ1n) is 6.36. The van der Waals surface area contributed by atoms with Crippen LogP contribution >= 0.6 is 27.5 Å². The van der Waals surface area contributed by atoms with Gasteiger partial charge in [0.15, 0.2) is 0 Å². The van der Waals surface area contributed by atoms with Gasteiger partial charge in [0.1, 0.15) is 0 Å². The summed E-state index contributed by atoms with van der Waals surface area (Å²) in [5.41, 5.74) is 0.653. The number of hydrogen-bond donors (Lipinski definition) is 1. The average molecular weight is 331 g/mol. The molecule has 1 N–H and O–H groups in total. The Balaban J connectivity index is 1.98. The maximum Gasteiger partial charge on any atom is 0.251 e. The number of hydrogen-bond acceptors (Lipinski definition) is 1. The van der Waals surface area contributed by atoms with Crippen LogP contribution in [0.3, 0.4) is 0 Å². The zero-order valence-corrected chi connectivity index (χ0v) is 12.7. The standard InChI is InChI=1S/C14H17BrClNO/c1-2-11(7-9-3-4-9)17-14(18)10-5-6-13(16)12(15)8-10/h5-6,8-9,11H,2-4,7H2,1H3,(H,17,18). The second-order valence-electron chi connectivity index (χ2n) is 4.89. The lowest BCUT2D eigenvalue weighted by molar-refractivity contribution is 0.0932. The Kier molecular flexibility index (Phi) is 4.68. The molecule has 4 heteroatoms. The van der Waals surface area contributed by atoms with Crippen LogP contribution in [0.1, 0.15) is 43.0 Å². The van der Waals surface area contributed by atoms with E-state index in [4.69, 9.17) is 11.6 Å². The predicted octanol–water partition coefficient (Wildman–Crippen LogP) is 4.41. The van der Waals surface area contributed by atoms with Gasteiger partial charge in [-0.3, -0.25) is 4.79 Å². The van der Waals surface area contributed by atoms with Crippen LogP contribution < -0.4 is 5.32 Å². The van der Waals surface area contributed by atoms with Crippen LogP contribution in [0.5, 0.6) is 0 Å². The Labute approximate surface area is 121 Å². The first-order valence-corrected chi connectivity index (χ1v) is 7.53. The molecule has 1 aliphatic carbocycles. The summed E-state index contributed by atoms with van der Waals surface area (Å²) in [5, 5.41) is 3.72. The van der Waals surface area contributed by atoms with E-state index < -0.39 is 0 Å². The van der Waals surface area contributed by atoms with Gasteiger partial charge >= 0.3 is 0 Å². The molecule has 1 aromatic carbocycles. The van der Waals surface area contributed by atoms with Crippen LogP contribution in [0.25, 0.3) is 0 Å². The Morgan fingerprint density at radius 3 is 2.83 bits per heavy atom. The number of rotatable bonds is 5. The minimum absolute atomic E-state index is 0.0140. The maximum atomic E-state index is 12.1. The van der Waals surface area contributed by atoms with Crippen molar-refractivity contribution < 1.29 is 4.79 Å².